The van der Waals surface area contributed by atoms with Gasteiger partial charge in [-0.2, -0.15) is 0 Å². The molecule has 0 bridgehead atoms. The van der Waals surface area contributed by atoms with Crippen LogP contribution in [0, 0.1) is 0 Å². The molecule has 3 aromatic rings. The molecule has 6 nitrogen and oxygen atoms in total. The van der Waals surface area contributed by atoms with E-state index in [0.717, 1.165) is 11.4 Å². The maximum absolute atomic E-state index is 11.3. The van der Waals surface area contributed by atoms with E-state index >= 15 is 0 Å². The lowest BCUT2D eigenvalue weighted by atomic mass is 10.1. The Balaban J connectivity index is 1.88. The van der Waals surface area contributed by atoms with Crippen molar-refractivity contribution in [1.29, 1.82) is 0 Å². The average molecular weight is 341 g/mol. The van der Waals surface area contributed by atoms with Crippen molar-refractivity contribution >= 4 is 28.1 Å². The van der Waals surface area contributed by atoms with Crippen LogP contribution in [0.5, 0.6) is 11.5 Å². The molecule has 0 saturated heterocycles. The highest BCUT2D eigenvalue weighted by Crippen LogP contribution is 2.32. The molecule has 0 aliphatic heterocycles. The first-order valence-corrected chi connectivity index (χ1v) is 7.95. The van der Waals surface area contributed by atoms with Crippen LogP contribution in [0.1, 0.15) is 10.4 Å². The number of aromatic hydroxyl groups is 1. The molecule has 1 aromatic heterocycles. The number of rotatable bonds is 5. The molecule has 4 N–H and O–H groups in total. The largest absolute Gasteiger partial charge is 0.507 e. The number of nitrogens with zero attached hydrogens (tertiary/aromatic N) is 1. The van der Waals surface area contributed by atoms with Gasteiger partial charge in [-0.1, -0.05) is 12.1 Å². The molecule has 24 heavy (non-hydrogen) atoms. The van der Waals surface area contributed by atoms with Gasteiger partial charge in [0, 0.05) is 10.9 Å². The third-order valence-corrected chi connectivity index (χ3v) is 4.17. The molecule has 0 aliphatic rings. The molecule has 122 valence electrons. The van der Waals surface area contributed by atoms with E-state index < -0.39 is 5.91 Å². The van der Waals surface area contributed by atoms with Crippen molar-refractivity contribution in [3.05, 3.63) is 53.4 Å². The van der Waals surface area contributed by atoms with E-state index in [1.165, 1.54) is 23.5 Å². The van der Waals surface area contributed by atoms with E-state index in [2.05, 4.69) is 10.3 Å². The maximum atomic E-state index is 11.3. The predicted molar refractivity (Wildman–Crippen MR) is 94.0 cm³/mol. The lowest BCUT2D eigenvalue weighted by molar-refractivity contribution is 0.0998. The Kier molecular flexibility index (Phi) is 4.35. The fourth-order valence-corrected chi connectivity index (χ4v) is 2.95. The Morgan fingerprint density at radius 2 is 2.08 bits per heavy atom. The molecule has 0 aliphatic carbocycles. The number of thiazole rings is 1. The number of nitrogens with one attached hydrogen (secondary N) is 1. The predicted octanol–water partition coefficient (Wildman–Crippen LogP) is 3.37. The third kappa shape index (κ3) is 3.16. The Morgan fingerprint density at radius 3 is 2.83 bits per heavy atom. The lowest BCUT2D eigenvalue weighted by Gasteiger charge is -2.08. The minimum atomic E-state index is -0.683. The fourth-order valence-electron chi connectivity index (χ4n) is 2.22. The smallest absolute Gasteiger partial charge is 0.252 e. The fraction of sp³-hybridized carbons (Fsp3) is 0.0588. The zero-order valence-electron chi connectivity index (χ0n) is 12.8. The second-order valence-electron chi connectivity index (χ2n) is 4.96. The number of amides is 1. The van der Waals surface area contributed by atoms with E-state index in [0.29, 0.717) is 16.4 Å². The molecular weight excluding hydrogens is 326 g/mol. The number of methoxy groups -OCH3 is 1. The summed E-state index contributed by atoms with van der Waals surface area (Å²) in [7, 11) is 1.61. The normalized spacial score (nSPS) is 10.4. The SMILES string of the molecule is COc1ccccc1Nc1nc(-c2ccc(O)c(C(N)=O)c2)cs1. The van der Waals surface area contributed by atoms with Crippen LogP contribution in [0.3, 0.4) is 0 Å². The lowest BCUT2D eigenvalue weighted by Crippen LogP contribution is -2.11. The summed E-state index contributed by atoms with van der Waals surface area (Å²) in [6.07, 6.45) is 0. The molecule has 0 atom stereocenters. The average Bonchev–Trinajstić information content (AvgIpc) is 3.04. The van der Waals surface area contributed by atoms with Crippen LogP contribution < -0.4 is 15.8 Å². The van der Waals surface area contributed by atoms with Gasteiger partial charge in [0.25, 0.3) is 5.91 Å². The Hall–Kier alpha value is -3.06. The summed E-state index contributed by atoms with van der Waals surface area (Å²) < 4.78 is 5.30. The highest BCUT2D eigenvalue weighted by atomic mass is 32.1. The first kappa shape index (κ1) is 15.8. The van der Waals surface area contributed by atoms with Crippen molar-refractivity contribution in [3.63, 3.8) is 0 Å². The van der Waals surface area contributed by atoms with Gasteiger partial charge in [-0.05, 0) is 30.3 Å². The molecule has 1 amide bonds. The summed E-state index contributed by atoms with van der Waals surface area (Å²) in [6, 6.07) is 12.2. The van der Waals surface area contributed by atoms with Crippen molar-refractivity contribution in [2.75, 3.05) is 12.4 Å². The Bertz CT molecular complexity index is 892. The van der Waals surface area contributed by atoms with Gasteiger partial charge >= 0.3 is 0 Å². The molecular formula is C17H15N3O3S. The van der Waals surface area contributed by atoms with Crippen molar-refractivity contribution in [2.24, 2.45) is 5.73 Å². The number of carbonyl (C=O) groups is 1. The Labute approximate surface area is 142 Å². The third-order valence-electron chi connectivity index (χ3n) is 3.41. The second kappa shape index (κ2) is 6.59. The van der Waals surface area contributed by atoms with E-state index in [1.807, 2.05) is 29.6 Å². The summed E-state index contributed by atoms with van der Waals surface area (Å²) in [6.45, 7) is 0. The van der Waals surface area contributed by atoms with Crippen LogP contribution >= 0.6 is 11.3 Å². The van der Waals surface area contributed by atoms with Crippen molar-refractivity contribution in [3.8, 4) is 22.8 Å². The number of para-hydroxylation sites is 2. The maximum Gasteiger partial charge on any atom is 0.252 e. The van der Waals surface area contributed by atoms with Crippen LogP contribution in [0.2, 0.25) is 0 Å². The molecule has 7 heteroatoms. The van der Waals surface area contributed by atoms with Crippen LogP contribution in [-0.2, 0) is 0 Å². The summed E-state index contributed by atoms with van der Waals surface area (Å²) in [5, 5.41) is 15.4. The van der Waals surface area contributed by atoms with Gasteiger partial charge in [-0.15, -0.1) is 11.3 Å². The molecule has 0 unspecified atom stereocenters. The van der Waals surface area contributed by atoms with Gasteiger partial charge in [0.15, 0.2) is 5.13 Å². The molecule has 3 rings (SSSR count). The second-order valence-corrected chi connectivity index (χ2v) is 5.82. The van der Waals surface area contributed by atoms with E-state index in [4.69, 9.17) is 10.5 Å². The zero-order chi connectivity index (χ0) is 17.1. The van der Waals surface area contributed by atoms with Gasteiger partial charge in [-0.3, -0.25) is 4.79 Å². The molecule has 0 fully saturated rings. The molecule has 2 aromatic carbocycles. The number of nitrogens with two attached hydrogens (primary N) is 1. The quantitative estimate of drug-likeness (QED) is 0.661. The number of aromatic nitrogens is 1. The number of anilines is 2. The highest BCUT2D eigenvalue weighted by molar-refractivity contribution is 7.14. The van der Waals surface area contributed by atoms with E-state index in [1.54, 1.807) is 13.2 Å². The van der Waals surface area contributed by atoms with E-state index in [-0.39, 0.29) is 11.3 Å². The van der Waals surface area contributed by atoms with Crippen LogP contribution in [0.15, 0.2) is 47.8 Å². The number of primary amides is 1. The van der Waals surface area contributed by atoms with Crippen molar-refractivity contribution in [2.45, 2.75) is 0 Å². The number of hydrogen-bond acceptors (Lipinski definition) is 6. The van der Waals surface area contributed by atoms with Crippen LogP contribution in [0.25, 0.3) is 11.3 Å². The van der Waals surface area contributed by atoms with Gasteiger partial charge in [-0.25, -0.2) is 4.98 Å². The minimum absolute atomic E-state index is 0.0692. The first-order valence-electron chi connectivity index (χ1n) is 7.07. The van der Waals surface area contributed by atoms with Crippen LogP contribution in [0.4, 0.5) is 10.8 Å². The minimum Gasteiger partial charge on any atom is -0.507 e. The van der Waals surface area contributed by atoms with Gasteiger partial charge in [0.05, 0.1) is 24.1 Å². The number of carbonyl (C=O) groups excluding carboxylic acids is 1. The van der Waals surface area contributed by atoms with Crippen LogP contribution in [-0.4, -0.2) is 23.1 Å². The summed E-state index contributed by atoms with van der Waals surface area (Å²) in [5.41, 5.74) is 7.52. The summed E-state index contributed by atoms with van der Waals surface area (Å²) in [5.74, 6) is -0.110. The molecule has 0 radical (unpaired) electrons. The number of phenols is 1. The standard InChI is InChI=1S/C17H15N3O3S/c1-23-15-5-3-2-4-12(15)19-17-20-13(9-24-17)10-6-7-14(21)11(8-10)16(18)22/h2-9,21H,1H3,(H2,18,22)(H,19,20). The topological polar surface area (TPSA) is 97.5 Å². The zero-order valence-corrected chi connectivity index (χ0v) is 13.6. The Morgan fingerprint density at radius 1 is 1.29 bits per heavy atom. The van der Waals surface area contributed by atoms with E-state index in [9.17, 15) is 9.90 Å². The van der Waals surface area contributed by atoms with Gasteiger partial charge < -0.3 is 20.9 Å². The number of hydrogen-bond donors (Lipinski definition) is 3. The van der Waals surface area contributed by atoms with Gasteiger partial charge in [0.2, 0.25) is 0 Å². The monoisotopic (exact) mass is 341 g/mol. The summed E-state index contributed by atoms with van der Waals surface area (Å²) in [4.78, 5) is 15.8. The number of ether oxygens (including phenoxy) is 1. The molecule has 0 saturated carbocycles. The van der Waals surface area contributed by atoms with Gasteiger partial charge in [0.1, 0.15) is 11.5 Å². The first-order chi connectivity index (χ1) is 11.6. The molecule has 1 heterocycles. The number of benzene rings is 2. The van der Waals surface area contributed by atoms with Crippen molar-refractivity contribution < 1.29 is 14.6 Å². The highest BCUT2D eigenvalue weighted by Gasteiger charge is 2.12. The summed E-state index contributed by atoms with van der Waals surface area (Å²) >= 11 is 1.42. The van der Waals surface area contributed by atoms with Crippen molar-refractivity contribution in [1.82, 2.24) is 4.98 Å². The molecule has 0 spiro atoms.